The summed E-state index contributed by atoms with van der Waals surface area (Å²) in [6.45, 7) is 2.08. The number of halogens is 2. The molecule has 2 aromatic rings. The highest BCUT2D eigenvalue weighted by molar-refractivity contribution is 5.84. The van der Waals surface area contributed by atoms with E-state index in [1.54, 1.807) is 12.1 Å². The zero-order chi connectivity index (χ0) is 14.8. The molecule has 0 spiro atoms. The van der Waals surface area contributed by atoms with Gasteiger partial charge in [-0.25, -0.2) is 8.78 Å². The average molecular weight is 284 g/mol. The van der Waals surface area contributed by atoms with Crippen molar-refractivity contribution in [3.63, 3.8) is 0 Å². The molecule has 0 aliphatic heterocycles. The summed E-state index contributed by atoms with van der Waals surface area (Å²) in [7, 11) is 0. The van der Waals surface area contributed by atoms with Gasteiger partial charge < -0.3 is 0 Å². The summed E-state index contributed by atoms with van der Waals surface area (Å²) >= 11 is 0. The minimum absolute atomic E-state index is 0.165. The lowest BCUT2D eigenvalue weighted by Crippen LogP contribution is -2.03. The molecule has 0 nitrogen and oxygen atoms in total. The molecule has 1 aliphatic rings. The molecule has 108 valence electrons. The topological polar surface area (TPSA) is 0 Å². The van der Waals surface area contributed by atoms with E-state index < -0.39 is 0 Å². The normalized spacial score (nSPS) is 13.8. The van der Waals surface area contributed by atoms with E-state index in [1.165, 1.54) is 6.07 Å². The second-order valence-corrected chi connectivity index (χ2v) is 5.54. The number of fused-ring (bicyclic) bond motifs is 1. The van der Waals surface area contributed by atoms with Crippen LogP contribution in [0.3, 0.4) is 0 Å². The van der Waals surface area contributed by atoms with E-state index in [2.05, 4.69) is 6.92 Å². The Morgan fingerprint density at radius 1 is 1.00 bits per heavy atom. The van der Waals surface area contributed by atoms with Crippen LogP contribution in [0.2, 0.25) is 0 Å². The summed E-state index contributed by atoms with van der Waals surface area (Å²) in [5.41, 5.74) is 4.23. The van der Waals surface area contributed by atoms with Crippen LogP contribution in [0.25, 0.3) is 11.6 Å². The van der Waals surface area contributed by atoms with Crippen molar-refractivity contribution >= 4 is 11.6 Å². The number of aryl methyl sites for hydroxylation is 1. The van der Waals surface area contributed by atoms with Crippen LogP contribution in [0.5, 0.6) is 0 Å². The molecule has 2 heteroatoms. The summed E-state index contributed by atoms with van der Waals surface area (Å²) in [5, 5.41) is 0. The van der Waals surface area contributed by atoms with Gasteiger partial charge in [0, 0.05) is 5.56 Å². The Balaban J connectivity index is 1.98. The average Bonchev–Trinajstić information content (AvgIpc) is 2.48. The van der Waals surface area contributed by atoms with Gasteiger partial charge in [0.1, 0.15) is 11.6 Å². The van der Waals surface area contributed by atoms with Gasteiger partial charge in [-0.2, -0.15) is 0 Å². The fraction of sp³-hybridized carbons (Fsp3) is 0.263. The molecule has 1 aliphatic carbocycles. The van der Waals surface area contributed by atoms with Gasteiger partial charge in [0.15, 0.2) is 0 Å². The zero-order valence-electron chi connectivity index (χ0n) is 12.1. The highest BCUT2D eigenvalue weighted by atomic mass is 19.1. The zero-order valence-corrected chi connectivity index (χ0v) is 12.1. The third kappa shape index (κ3) is 2.76. The Hall–Kier alpha value is -1.96. The van der Waals surface area contributed by atoms with Crippen LogP contribution in [0, 0.1) is 11.6 Å². The van der Waals surface area contributed by atoms with E-state index in [4.69, 9.17) is 0 Å². The van der Waals surface area contributed by atoms with Crippen LogP contribution >= 0.6 is 0 Å². The molecule has 0 saturated heterocycles. The van der Waals surface area contributed by atoms with Gasteiger partial charge in [0.2, 0.25) is 0 Å². The maximum Gasteiger partial charge on any atom is 0.130 e. The summed E-state index contributed by atoms with van der Waals surface area (Å²) in [4.78, 5) is 0. The fourth-order valence-corrected chi connectivity index (χ4v) is 2.97. The maximum absolute atomic E-state index is 14.3. The van der Waals surface area contributed by atoms with Gasteiger partial charge in [0.25, 0.3) is 0 Å². The van der Waals surface area contributed by atoms with Crippen molar-refractivity contribution in [3.05, 3.63) is 70.3 Å². The van der Waals surface area contributed by atoms with E-state index in [0.717, 1.165) is 35.1 Å². The van der Waals surface area contributed by atoms with Crippen LogP contribution in [0.4, 0.5) is 8.78 Å². The molecule has 0 amide bonds. The minimum Gasteiger partial charge on any atom is -0.207 e. The molecular formula is C19H18F2. The number of hydrogen-bond acceptors (Lipinski definition) is 0. The van der Waals surface area contributed by atoms with Gasteiger partial charge in [-0.15, -0.1) is 0 Å². The molecule has 0 aromatic heterocycles. The number of allylic oxidation sites excluding steroid dienone is 1. The molecular weight excluding hydrogens is 266 g/mol. The first kappa shape index (κ1) is 14.0. The molecule has 0 saturated carbocycles. The molecule has 0 bridgehead atoms. The summed E-state index contributed by atoms with van der Waals surface area (Å²) in [6, 6.07) is 10.5. The standard InChI is InChI=1S/C19H18F2/c1-2-4-13-7-9-17(19(21)11-13)15-8-10-16-14(12-15)5-3-6-18(16)20/h3,5-7,9,11-12H,2,4,8,10H2,1H3. The van der Waals surface area contributed by atoms with Gasteiger partial charge in [-0.1, -0.05) is 43.7 Å². The maximum atomic E-state index is 14.3. The Morgan fingerprint density at radius 2 is 1.86 bits per heavy atom. The largest absolute Gasteiger partial charge is 0.207 e. The molecule has 21 heavy (non-hydrogen) atoms. The molecule has 0 N–H and O–H groups in total. The Bertz CT molecular complexity index is 699. The first-order chi connectivity index (χ1) is 10.2. The smallest absolute Gasteiger partial charge is 0.130 e. The van der Waals surface area contributed by atoms with Crippen LogP contribution in [0.1, 0.15) is 42.0 Å². The van der Waals surface area contributed by atoms with E-state index >= 15 is 0 Å². The number of hydrogen-bond donors (Lipinski definition) is 0. The SMILES string of the molecule is CCCc1ccc(C2=Cc3cccc(F)c3CC2)c(F)c1. The third-order valence-corrected chi connectivity index (χ3v) is 4.05. The second kappa shape index (κ2) is 5.80. The van der Waals surface area contributed by atoms with Crippen molar-refractivity contribution in [2.75, 3.05) is 0 Å². The summed E-state index contributed by atoms with van der Waals surface area (Å²) in [5.74, 6) is -0.339. The van der Waals surface area contributed by atoms with Gasteiger partial charge in [-0.05, 0) is 53.7 Å². The fourth-order valence-electron chi connectivity index (χ4n) is 2.97. The van der Waals surface area contributed by atoms with E-state index in [1.807, 2.05) is 24.3 Å². The predicted octanol–water partition coefficient (Wildman–Crippen LogP) is 5.40. The summed E-state index contributed by atoms with van der Waals surface area (Å²) < 4.78 is 28.0. The Kier molecular flexibility index (Phi) is 3.87. The monoisotopic (exact) mass is 284 g/mol. The molecule has 3 rings (SSSR count). The van der Waals surface area contributed by atoms with Crippen LogP contribution < -0.4 is 0 Å². The van der Waals surface area contributed by atoms with Crippen LogP contribution in [-0.2, 0) is 12.8 Å². The molecule has 0 heterocycles. The predicted molar refractivity (Wildman–Crippen MR) is 83.0 cm³/mol. The Labute approximate surface area is 124 Å². The third-order valence-electron chi connectivity index (χ3n) is 4.05. The van der Waals surface area contributed by atoms with Crippen molar-refractivity contribution in [1.29, 1.82) is 0 Å². The van der Waals surface area contributed by atoms with Crippen molar-refractivity contribution in [2.24, 2.45) is 0 Å². The van der Waals surface area contributed by atoms with Crippen LogP contribution in [0.15, 0.2) is 36.4 Å². The lowest BCUT2D eigenvalue weighted by atomic mass is 9.88. The van der Waals surface area contributed by atoms with Crippen LogP contribution in [-0.4, -0.2) is 0 Å². The molecule has 0 radical (unpaired) electrons. The second-order valence-electron chi connectivity index (χ2n) is 5.54. The Morgan fingerprint density at radius 3 is 2.62 bits per heavy atom. The first-order valence-corrected chi connectivity index (χ1v) is 7.46. The first-order valence-electron chi connectivity index (χ1n) is 7.46. The van der Waals surface area contributed by atoms with E-state index in [9.17, 15) is 8.78 Å². The molecule has 0 atom stereocenters. The van der Waals surface area contributed by atoms with Crippen molar-refractivity contribution in [1.82, 2.24) is 0 Å². The van der Waals surface area contributed by atoms with Crippen molar-refractivity contribution in [2.45, 2.75) is 32.6 Å². The summed E-state index contributed by atoms with van der Waals surface area (Å²) in [6.07, 6.45) is 5.13. The lowest BCUT2D eigenvalue weighted by molar-refractivity contribution is 0.607. The molecule has 2 aromatic carbocycles. The number of rotatable bonds is 3. The van der Waals surface area contributed by atoms with E-state index in [-0.39, 0.29) is 11.6 Å². The number of benzene rings is 2. The quantitative estimate of drug-likeness (QED) is 0.707. The highest BCUT2D eigenvalue weighted by Crippen LogP contribution is 2.33. The minimum atomic E-state index is -0.174. The van der Waals surface area contributed by atoms with Crippen molar-refractivity contribution < 1.29 is 8.78 Å². The van der Waals surface area contributed by atoms with Gasteiger partial charge >= 0.3 is 0 Å². The lowest BCUT2D eigenvalue weighted by Gasteiger charge is -2.18. The molecule has 0 unspecified atom stereocenters. The molecule has 0 fully saturated rings. The van der Waals surface area contributed by atoms with Gasteiger partial charge in [0.05, 0.1) is 0 Å². The van der Waals surface area contributed by atoms with Crippen molar-refractivity contribution in [3.8, 4) is 0 Å². The van der Waals surface area contributed by atoms with E-state index in [0.29, 0.717) is 18.4 Å². The van der Waals surface area contributed by atoms with Gasteiger partial charge in [-0.3, -0.25) is 0 Å². The highest BCUT2D eigenvalue weighted by Gasteiger charge is 2.17.